The predicted molar refractivity (Wildman–Crippen MR) is 101 cm³/mol. The maximum absolute atomic E-state index is 12.7. The number of nitrogens with zero attached hydrogens (tertiary/aromatic N) is 1. The number of benzene rings is 1. The molecular formula is C21H32N2O2. The highest BCUT2D eigenvalue weighted by atomic mass is 16.2. The van der Waals surface area contributed by atoms with E-state index in [1.54, 1.807) is 0 Å². The molecule has 2 N–H and O–H groups in total. The van der Waals surface area contributed by atoms with Crippen LogP contribution >= 0.6 is 0 Å². The summed E-state index contributed by atoms with van der Waals surface area (Å²) in [5.41, 5.74) is 7.90. The van der Waals surface area contributed by atoms with E-state index in [1.807, 2.05) is 30.9 Å². The molecule has 4 nitrogen and oxygen atoms in total. The molecule has 1 aromatic rings. The Morgan fingerprint density at radius 2 is 1.64 bits per heavy atom. The average Bonchev–Trinajstić information content (AvgIpc) is 2.60. The van der Waals surface area contributed by atoms with Crippen molar-refractivity contribution >= 4 is 11.7 Å². The van der Waals surface area contributed by atoms with E-state index in [9.17, 15) is 9.59 Å². The van der Waals surface area contributed by atoms with Gasteiger partial charge in [-0.25, -0.2) is 0 Å². The van der Waals surface area contributed by atoms with Crippen molar-refractivity contribution in [1.82, 2.24) is 4.90 Å². The molecule has 138 valence electrons. The summed E-state index contributed by atoms with van der Waals surface area (Å²) >= 11 is 0. The number of hydrogen-bond acceptors (Lipinski definition) is 3. The molecule has 1 aliphatic rings. The number of carbonyl (C=O) groups is 2. The molecule has 1 heterocycles. The predicted octanol–water partition coefficient (Wildman–Crippen LogP) is 3.29. The third-order valence-corrected chi connectivity index (χ3v) is 5.24. The normalized spacial score (nSPS) is 18.2. The fourth-order valence-corrected chi connectivity index (χ4v) is 3.39. The Labute approximate surface area is 151 Å². The van der Waals surface area contributed by atoms with Gasteiger partial charge in [-0.05, 0) is 37.7 Å². The molecule has 1 saturated heterocycles. The first-order valence-corrected chi connectivity index (χ1v) is 9.47. The van der Waals surface area contributed by atoms with Crippen molar-refractivity contribution in [3.63, 3.8) is 0 Å². The van der Waals surface area contributed by atoms with Crippen molar-refractivity contribution in [1.29, 1.82) is 0 Å². The highest BCUT2D eigenvalue weighted by Crippen LogP contribution is 2.23. The lowest BCUT2D eigenvalue weighted by molar-refractivity contribution is -0.136. The molecule has 0 radical (unpaired) electrons. The van der Waals surface area contributed by atoms with E-state index in [-0.39, 0.29) is 29.6 Å². The number of hydrogen-bond donors (Lipinski definition) is 1. The molecule has 1 fully saturated rings. The zero-order valence-corrected chi connectivity index (χ0v) is 16.0. The zero-order valence-electron chi connectivity index (χ0n) is 16.0. The number of ketones is 1. The maximum Gasteiger partial charge on any atom is 0.226 e. The fraction of sp³-hybridized carbons (Fsp3) is 0.619. The van der Waals surface area contributed by atoms with Crippen LogP contribution in [0.2, 0.25) is 0 Å². The molecule has 2 rings (SSSR count). The summed E-state index contributed by atoms with van der Waals surface area (Å²) in [6.45, 7) is 9.43. The van der Waals surface area contributed by atoms with Gasteiger partial charge in [0.05, 0.1) is 5.92 Å². The minimum Gasteiger partial charge on any atom is -0.342 e. The van der Waals surface area contributed by atoms with Gasteiger partial charge in [0, 0.05) is 30.6 Å². The highest BCUT2D eigenvalue weighted by molar-refractivity contribution is 5.98. The smallest absolute Gasteiger partial charge is 0.226 e. The first-order valence-electron chi connectivity index (χ1n) is 9.47. The second-order valence-corrected chi connectivity index (χ2v) is 7.91. The summed E-state index contributed by atoms with van der Waals surface area (Å²) in [7, 11) is 0. The number of nitrogens with two attached hydrogens (primary N) is 1. The molecular weight excluding hydrogens is 312 g/mol. The second kappa shape index (κ2) is 8.61. The summed E-state index contributed by atoms with van der Waals surface area (Å²) in [5, 5.41) is 0. The van der Waals surface area contributed by atoms with E-state index in [0.29, 0.717) is 19.0 Å². The van der Waals surface area contributed by atoms with Gasteiger partial charge < -0.3 is 10.6 Å². The maximum atomic E-state index is 12.7. The molecule has 0 spiro atoms. The van der Waals surface area contributed by atoms with Crippen LogP contribution in [0.4, 0.5) is 0 Å². The van der Waals surface area contributed by atoms with Gasteiger partial charge >= 0.3 is 0 Å². The molecule has 0 bridgehead atoms. The van der Waals surface area contributed by atoms with Crippen molar-refractivity contribution in [2.75, 3.05) is 13.1 Å². The minimum absolute atomic E-state index is 0.0191. The molecule has 1 amide bonds. The quantitative estimate of drug-likeness (QED) is 0.806. The van der Waals surface area contributed by atoms with Gasteiger partial charge in [-0.3, -0.25) is 9.59 Å². The van der Waals surface area contributed by atoms with E-state index in [2.05, 4.69) is 26.0 Å². The van der Waals surface area contributed by atoms with Crippen LogP contribution in [0.3, 0.4) is 0 Å². The van der Waals surface area contributed by atoms with Crippen LogP contribution in [0.5, 0.6) is 0 Å². The Morgan fingerprint density at radius 1 is 1.08 bits per heavy atom. The minimum atomic E-state index is -0.166. The Hall–Kier alpha value is -1.68. The zero-order chi connectivity index (χ0) is 18.6. The lowest BCUT2D eigenvalue weighted by Gasteiger charge is -2.33. The number of Topliss-reactive ketones (excluding diaryl/α,β-unsaturated/α-hetero) is 1. The van der Waals surface area contributed by atoms with Gasteiger partial charge in [-0.1, -0.05) is 45.0 Å². The van der Waals surface area contributed by atoms with Gasteiger partial charge in [0.25, 0.3) is 0 Å². The molecule has 0 aromatic heterocycles. The lowest BCUT2D eigenvalue weighted by atomic mass is 9.87. The molecule has 25 heavy (non-hydrogen) atoms. The molecule has 4 heteroatoms. The Morgan fingerprint density at radius 3 is 2.12 bits per heavy atom. The lowest BCUT2D eigenvalue weighted by Crippen LogP contribution is -2.46. The van der Waals surface area contributed by atoms with E-state index in [0.717, 1.165) is 24.8 Å². The van der Waals surface area contributed by atoms with E-state index in [1.165, 1.54) is 5.56 Å². The van der Waals surface area contributed by atoms with Crippen molar-refractivity contribution < 1.29 is 9.59 Å². The summed E-state index contributed by atoms with van der Waals surface area (Å²) < 4.78 is 0. The SMILES string of the molecule is CC(C)Cc1ccc(C(=O)C2CCN(C(=O)C(C)C(C)N)CC2)cc1. The first-order chi connectivity index (χ1) is 11.8. The monoisotopic (exact) mass is 344 g/mol. The van der Waals surface area contributed by atoms with Crippen LogP contribution in [0.1, 0.15) is 56.5 Å². The Kier molecular flexibility index (Phi) is 6.77. The van der Waals surface area contributed by atoms with Crippen molar-refractivity contribution in [2.45, 2.75) is 53.0 Å². The van der Waals surface area contributed by atoms with E-state index in [4.69, 9.17) is 5.73 Å². The third kappa shape index (κ3) is 5.15. The molecule has 1 aromatic carbocycles. The van der Waals surface area contributed by atoms with Crippen LogP contribution in [-0.2, 0) is 11.2 Å². The Bertz CT molecular complexity index is 584. The van der Waals surface area contributed by atoms with Crippen LogP contribution in [0, 0.1) is 17.8 Å². The van der Waals surface area contributed by atoms with Crippen molar-refractivity contribution in [3.8, 4) is 0 Å². The summed E-state index contributed by atoms with van der Waals surface area (Å²) in [5.74, 6) is 0.788. The number of piperidine rings is 1. The van der Waals surface area contributed by atoms with E-state index >= 15 is 0 Å². The number of carbonyl (C=O) groups excluding carboxylic acids is 2. The highest BCUT2D eigenvalue weighted by Gasteiger charge is 2.30. The topological polar surface area (TPSA) is 63.4 Å². The van der Waals surface area contributed by atoms with E-state index < -0.39 is 0 Å². The molecule has 0 aliphatic carbocycles. The molecule has 2 atom stereocenters. The van der Waals surface area contributed by atoms with Crippen molar-refractivity contribution in [3.05, 3.63) is 35.4 Å². The van der Waals surface area contributed by atoms with Gasteiger partial charge in [-0.15, -0.1) is 0 Å². The standard InChI is InChI=1S/C21H32N2O2/c1-14(2)13-17-5-7-18(8-6-17)20(24)19-9-11-23(12-10-19)21(25)15(3)16(4)22/h5-8,14-16,19H,9-13,22H2,1-4H3. The summed E-state index contributed by atoms with van der Waals surface area (Å²) in [6, 6.07) is 7.90. The van der Waals surface area contributed by atoms with Gasteiger partial charge in [0.2, 0.25) is 5.91 Å². The number of rotatable bonds is 6. The largest absolute Gasteiger partial charge is 0.342 e. The van der Waals surface area contributed by atoms with Gasteiger partial charge in [0.1, 0.15) is 0 Å². The average molecular weight is 344 g/mol. The second-order valence-electron chi connectivity index (χ2n) is 7.91. The molecule has 1 aliphatic heterocycles. The molecule has 2 unspecified atom stereocenters. The third-order valence-electron chi connectivity index (χ3n) is 5.24. The van der Waals surface area contributed by atoms with Crippen molar-refractivity contribution in [2.24, 2.45) is 23.5 Å². The fourth-order valence-electron chi connectivity index (χ4n) is 3.39. The van der Waals surface area contributed by atoms with Gasteiger partial charge in [0.15, 0.2) is 5.78 Å². The summed E-state index contributed by atoms with van der Waals surface area (Å²) in [4.78, 5) is 27.0. The van der Waals surface area contributed by atoms with Crippen LogP contribution < -0.4 is 5.73 Å². The first kappa shape index (κ1) is 19.6. The molecule has 0 saturated carbocycles. The van der Waals surface area contributed by atoms with Crippen LogP contribution in [-0.4, -0.2) is 35.7 Å². The van der Waals surface area contributed by atoms with Crippen LogP contribution in [0.15, 0.2) is 24.3 Å². The van der Waals surface area contributed by atoms with Gasteiger partial charge in [-0.2, -0.15) is 0 Å². The number of amides is 1. The Balaban J connectivity index is 1.92. The number of likely N-dealkylation sites (tertiary alicyclic amines) is 1. The van der Waals surface area contributed by atoms with Crippen LogP contribution in [0.25, 0.3) is 0 Å². The summed E-state index contributed by atoms with van der Waals surface area (Å²) in [6.07, 6.45) is 2.51.